The SMILES string of the molecule is C=CCCc1c(C)cc(-c2cc(C)cc(C)c2O)c(O)c1C. The zero-order valence-electron chi connectivity index (χ0n) is 13.8. The highest BCUT2D eigenvalue weighted by Gasteiger charge is 2.17. The molecule has 0 saturated heterocycles. The summed E-state index contributed by atoms with van der Waals surface area (Å²) < 4.78 is 0. The van der Waals surface area contributed by atoms with Crippen molar-refractivity contribution in [1.82, 2.24) is 0 Å². The van der Waals surface area contributed by atoms with E-state index in [1.54, 1.807) is 0 Å². The number of aromatic hydroxyl groups is 2. The molecule has 0 amide bonds. The Morgan fingerprint density at radius 1 is 0.909 bits per heavy atom. The lowest BCUT2D eigenvalue weighted by molar-refractivity contribution is 0.464. The lowest BCUT2D eigenvalue weighted by Gasteiger charge is -2.17. The molecule has 2 aromatic rings. The van der Waals surface area contributed by atoms with Crippen molar-refractivity contribution < 1.29 is 10.2 Å². The van der Waals surface area contributed by atoms with Crippen LogP contribution in [0.5, 0.6) is 11.5 Å². The summed E-state index contributed by atoms with van der Waals surface area (Å²) in [6.45, 7) is 11.6. The molecular weight excluding hydrogens is 272 g/mol. The number of hydrogen-bond donors (Lipinski definition) is 2. The van der Waals surface area contributed by atoms with Crippen LogP contribution in [0.25, 0.3) is 11.1 Å². The molecule has 0 aromatic heterocycles. The monoisotopic (exact) mass is 296 g/mol. The fourth-order valence-corrected chi connectivity index (χ4v) is 3.01. The van der Waals surface area contributed by atoms with Crippen LogP contribution in [0.15, 0.2) is 30.9 Å². The van der Waals surface area contributed by atoms with Crippen molar-refractivity contribution in [3.8, 4) is 22.6 Å². The van der Waals surface area contributed by atoms with Gasteiger partial charge >= 0.3 is 0 Å². The summed E-state index contributed by atoms with van der Waals surface area (Å²) >= 11 is 0. The zero-order valence-corrected chi connectivity index (χ0v) is 13.8. The molecule has 0 atom stereocenters. The first-order valence-electron chi connectivity index (χ1n) is 7.60. The second kappa shape index (κ2) is 6.27. The van der Waals surface area contributed by atoms with E-state index >= 15 is 0 Å². The largest absolute Gasteiger partial charge is 0.507 e. The van der Waals surface area contributed by atoms with Gasteiger partial charge in [0, 0.05) is 11.1 Å². The maximum absolute atomic E-state index is 10.6. The highest BCUT2D eigenvalue weighted by Crippen LogP contribution is 2.41. The molecule has 0 aliphatic rings. The highest BCUT2D eigenvalue weighted by atomic mass is 16.3. The Labute approximate surface area is 132 Å². The van der Waals surface area contributed by atoms with Crippen LogP contribution in [-0.4, -0.2) is 10.2 Å². The van der Waals surface area contributed by atoms with Crippen LogP contribution in [0.1, 0.15) is 34.2 Å². The number of phenols is 2. The molecule has 0 aliphatic heterocycles. The van der Waals surface area contributed by atoms with Gasteiger partial charge in [-0.3, -0.25) is 0 Å². The molecular formula is C20H24O2. The third-order valence-electron chi connectivity index (χ3n) is 4.23. The summed E-state index contributed by atoms with van der Waals surface area (Å²) in [5, 5.41) is 21.0. The Balaban J connectivity index is 2.66. The Kier molecular flexibility index (Phi) is 4.60. The number of allylic oxidation sites excluding steroid dienone is 1. The Morgan fingerprint density at radius 3 is 2.18 bits per heavy atom. The standard InChI is InChI=1S/C20H24O2/c1-6-7-8-16-13(3)11-18(20(22)15(16)5)17-10-12(2)9-14(4)19(17)21/h6,9-11,21-22H,1,7-8H2,2-5H3. The first-order valence-corrected chi connectivity index (χ1v) is 7.60. The number of phenolic OH excluding ortho intramolecular Hbond substituents is 2. The molecule has 2 N–H and O–H groups in total. The summed E-state index contributed by atoms with van der Waals surface area (Å²) in [7, 11) is 0. The van der Waals surface area contributed by atoms with E-state index in [2.05, 4.69) is 6.58 Å². The van der Waals surface area contributed by atoms with E-state index in [1.165, 1.54) is 0 Å². The van der Waals surface area contributed by atoms with Crippen LogP contribution in [0, 0.1) is 27.7 Å². The van der Waals surface area contributed by atoms with Gasteiger partial charge in [-0.2, -0.15) is 0 Å². The lowest BCUT2D eigenvalue weighted by atomic mass is 9.90. The predicted molar refractivity (Wildman–Crippen MR) is 92.7 cm³/mol. The van der Waals surface area contributed by atoms with Gasteiger partial charge in [0.25, 0.3) is 0 Å². The van der Waals surface area contributed by atoms with Gasteiger partial charge in [-0.25, -0.2) is 0 Å². The molecule has 2 rings (SSSR count). The minimum absolute atomic E-state index is 0.235. The van der Waals surface area contributed by atoms with E-state index in [4.69, 9.17) is 0 Å². The molecule has 2 aromatic carbocycles. The third-order valence-corrected chi connectivity index (χ3v) is 4.23. The second-order valence-electron chi connectivity index (χ2n) is 6.00. The van der Waals surface area contributed by atoms with Crippen LogP contribution < -0.4 is 0 Å². The van der Waals surface area contributed by atoms with Gasteiger partial charge in [-0.15, -0.1) is 6.58 Å². The van der Waals surface area contributed by atoms with E-state index in [1.807, 2.05) is 52.0 Å². The number of hydrogen-bond acceptors (Lipinski definition) is 2. The molecule has 0 bridgehead atoms. The van der Waals surface area contributed by atoms with Gasteiger partial charge in [0.1, 0.15) is 11.5 Å². The summed E-state index contributed by atoms with van der Waals surface area (Å²) in [5.74, 6) is 0.489. The van der Waals surface area contributed by atoms with Crippen molar-refractivity contribution in [3.63, 3.8) is 0 Å². The quantitative estimate of drug-likeness (QED) is 0.769. The number of aryl methyl sites for hydroxylation is 3. The maximum atomic E-state index is 10.6. The van der Waals surface area contributed by atoms with E-state index < -0.39 is 0 Å². The third kappa shape index (κ3) is 2.87. The van der Waals surface area contributed by atoms with Crippen molar-refractivity contribution >= 4 is 0 Å². The summed E-state index contributed by atoms with van der Waals surface area (Å²) in [6.07, 6.45) is 3.64. The van der Waals surface area contributed by atoms with Crippen molar-refractivity contribution in [3.05, 3.63) is 58.7 Å². The van der Waals surface area contributed by atoms with E-state index in [0.29, 0.717) is 11.1 Å². The number of rotatable bonds is 4. The average molecular weight is 296 g/mol. The molecule has 0 unspecified atom stereocenters. The smallest absolute Gasteiger partial charge is 0.126 e. The van der Waals surface area contributed by atoms with Gasteiger partial charge in [0.2, 0.25) is 0 Å². The first-order chi connectivity index (χ1) is 10.4. The molecule has 2 nitrogen and oxygen atoms in total. The number of benzene rings is 2. The molecule has 22 heavy (non-hydrogen) atoms. The maximum Gasteiger partial charge on any atom is 0.126 e. The van der Waals surface area contributed by atoms with Gasteiger partial charge in [-0.05, 0) is 80.5 Å². The van der Waals surface area contributed by atoms with Crippen molar-refractivity contribution in [2.75, 3.05) is 0 Å². The van der Waals surface area contributed by atoms with Crippen LogP contribution >= 0.6 is 0 Å². The van der Waals surface area contributed by atoms with Crippen LogP contribution in [0.3, 0.4) is 0 Å². The molecule has 0 heterocycles. The van der Waals surface area contributed by atoms with Gasteiger partial charge in [0.05, 0.1) is 0 Å². The highest BCUT2D eigenvalue weighted by molar-refractivity contribution is 5.79. The molecule has 2 heteroatoms. The van der Waals surface area contributed by atoms with Crippen molar-refractivity contribution in [2.24, 2.45) is 0 Å². The first kappa shape index (κ1) is 16.2. The van der Waals surface area contributed by atoms with Gasteiger partial charge in [-0.1, -0.05) is 12.1 Å². The molecule has 0 saturated carbocycles. The van der Waals surface area contributed by atoms with E-state index in [9.17, 15) is 10.2 Å². The second-order valence-corrected chi connectivity index (χ2v) is 6.00. The average Bonchev–Trinajstić information content (AvgIpc) is 2.47. The Morgan fingerprint density at radius 2 is 1.55 bits per heavy atom. The normalized spacial score (nSPS) is 10.7. The lowest BCUT2D eigenvalue weighted by Crippen LogP contribution is -1.97. The summed E-state index contributed by atoms with van der Waals surface area (Å²) in [6, 6.07) is 5.82. The van der Waals surface area contributed by atoms with E-state index in [-0.39, 0.29) is 11.5 Å². The minimum Gasteiger partial charge on any atom is -0.507 e. The molecule has 0 radical (unpaired) electrons. The molecule has 116 valence electrons. The van der Waals surface area contributed by atoms with Crippen LogP contribution in [0.4, 0.5) is 0 Å². The Hall–Kier alpha value is -2.22. The summed E-state index contributed by atoms with van der Waals surface area (Å²) in [4.78, 5) is 0. The fraction of sp³-hybridized carbons (Fsp3) is 0.300. The predicted octanol–water partition coefficient (Wildman–Crippen LogP) is 5.12. The van der Waals surface area contributed by atoms with Crippen LogP contribution in [0.2, 0.25) is 0 Å². The van der Waals surface area contributed by atoms with Gasteiger partial charge < -0.3 is 10.2 Å². The molecule has 0 spiro atoms. The Bertz CT molecular complexity index is 727. The zero-order chi connectivity index (χ0) is 16.4. The molecule has 0 fully saturated rings. The minimum atomic E-state index is 0.235. The van der Waals surface area contributed by atoms with E-state index in [0.717, 1.165) is 40.7 Å². The van der Waals surface area contributed by atoms with Crippen molar-refractivity contribution in [1.29, 1.82) is 0 Å². The molecule has 0 aliphatic carbocycles. The van der Waals surface area contributed by atoms with Gasteiger partial charge in [0.15, 0.2) is 0 Å². The fourth-order valence-electron chi connectivity index (χ4n) is 3.01. The topological polar surface area (TPSA) is 40.5 Å². The van der Waals surface area contributed by atoms with Crippen molar-refractivity contribution in [2.45, 2.75) is 40.5 Å². The van der Waals surface area contributed by atoms with Crippen LogP contribution in [-0.2, 0) is 6.42 Å². The summed E-state index contributed by atoms with van der Waals surface area (Å²) in [5.41, 5.74) is 6.44.